The molecule has 8 heteroatoms. The summed E-state index contributed by atoms with van der Waals surface area (Å²) in [7, 11) is 0. The lowest BCUT2D eigenvalue weighted by atomic mass is 10.0. The maximum atomic E-state index is 13.6. The fourth-order valence-electron chi connectivity index (χ4n) is 3.60. The third-order valence-electron chi connectivity index (χ3n) is 5.10. The molecule has 3 heterocycles. The van der Waals surface area contributed by atoms with Crippen molar-refractivity contribution >= 4 is 47.2 Å². The number of carbonyl (C=O) groups is 2. The molecular formula is C20H22ClFN4O2. The lowest BCUT2D eigenvalue weighted by molar-refractivity contribution is -0.116. The minimum Gasteiger partial charge on any atom is -0.360 e. The van der Waals surface area contributed by atoms with Crippen molar-refractivity contribution < 1.29 is 14.0 Å². The smallest absolute Gasteiger partial charge is 0.256 e. The van der Waals surface area contributed by atoms with Crippen LogP contribution in [0.4, 0.5) is 15.8 Å². The van der Waals surface area contributed by atoms with Crippen LogP contribution in [0, 0.1) is 12.7 Å². The van der Waals surface area contributed by atoms with Crippen LogP contribution >= 0.6 is 12.4 Å². The Labute approximate surface area is 168 Å². The van der Waals surface area contributed by atoms with Crippen molar-refractivity contribution in [2.75, 3.05) is 17.2 Å². The summed E-state index contributed by atoms with van der Waals surface area (Å²) in [5.74, 6) is -0.711. The standard InChI is InChI=1S/C20H21FN4O2.ClH/c1-11-17(9-15-14-7-12(21)4-5-16(14)25-20(15)27)23-10-18(11)24-19(26)8-13-3-2-6-22-13;/h4-5,7,9-10,13,22-23H,2-3,6,8H2,1H3,(H,24,26)(H,25,27);1H/b15-9-;. The molecule has 0 spiro atoms. The lowest BCUT2D eigenvalue weighted by Crippen LogP contribution is -2.27. The highest BCUT2D eigenvalue weighted by Gasteiger charge is 2.25. The minimum absolute atomic E-state index is 0. The Kier molecular flexibility index (Phi) is 5.86. The summed E-state index contributed by atoms with van der Waals surface area (Å²) < 4.78 is 13.6. The van der Waals surface area contributed by atoms with Crippen molar-refractivity contribution in [2.24, 2.45) is 0 Å². The number of aromatic amines is 1. The first kappa shape index (κ1) is 20.1. The fraction of sp³-hybridized carbons (Fsp3) is 0.300. The number of hydrogen-bond acceptors (Lipinski definition) is 3. The summed E-state index contributed by atoms with van der Waals surface area (Å²) in [6.45, 7) is 2.83. The lowest BCUT2D eigenvalue weighted by Gasteiger charge is -2.10. The molecule has 4 N–H and O–H groups in total. The van der Waals surface area contributed by atoms with Crippen molar-refractivity contribution in [3.63, 3.8) is 0 Å². The van der Waals surface area contributed by atoms with Gasteiger partial charge in [0.2, 0.25) is 5.91 Å². The van der Waals surface area contributed by atoms with Crippen LogP contribution in [-0.4, -0.2) is 29.4 Å². The van der Waals surface area contributed by atoms with Crippen LogP contribution in [0.2, 0.25) is 0 Å². The van der Waals surface area contributed by atoms with Crippen LogP contribution in [0.5, 0.6) is 0 Å². The second kappa shape index (κ2) is 8.16. The maximum absolute atomic E-state index is 13.6. The number of hydrogen-bond donors (Lipinski definition) is 4. The first-order valence-electron chi connectivity index (χ1n) is 9.05. The van der Waals surface area contributed by atoms with Gasteiger partial charge in [0.05, 0.1) is 11.3 Å². The van der Waals surface area contributed by atoms with Gasteiger partial charge in [-0.25, -0.2) is 4.39 Å². The summed E-state index contributed by atoms with van der Waals surface area (Å²) in [6.07, 6.45) is 5.95. The molecule has 2 aromatic rings. The van der Waals surface area contributed by atoms with Crippen molar-refractivity contribution in [3.05, 3.63) is 47.0 Å². The van der Waals surface area contributed by atoms with E-state index < -0.39 is 5.82 Å². The zero-order valence-corrected chi connectivity index (χ0v) is 16.2. The molecule has 1 fully saturated rings. The average molecular weight is 405 g/mol. The monoisotopic (exact) mass is 404 g/mol. The zero-order valence-electron chi connectivity index (χ0n) is 15.4. The van der Waals surface area contributed by atoms with Crippen LogP contribution in [-0.2, 0) is 9.59 Å². The second-order valence-corrected chi connectivity index (χ2v) is 6.99. The molecule has 148 valence electrons. The summed E-state index contributed by atoms with van der Waals surface area (Å²) in [6, 6.07) is 4.44. The first-order chi connectivity index (χ1) is 13.0. The molecule has 1 saturated heterocycles. The van der Waals surface area contributed by atoms with Crippen LogP contribution in [0.1, 0.15) is 36.1 Å². The SMILES string of the molecule is Cc1c(NC(=O)CC2CCCN2)c[nH]c1/C=C1\C(=O)Nc2ccc(F)cc21.Cl. The van der Waals surface area contributed by atoms with E-state index in [9.17, 15) is 14.0 Å². The zero-order chi connectivity index (χ0) is 19.0. The van der Waals surface area contributed by atoms with Gasteiger partial charge in [-0.15, -0.1) is 12.4 Å². The Morgan fingerprint density at radius 2 is 2.21 bits per heavy atom. The molecule has 28 heavy (non-hydrogen) atoms. The number of carbonyl (C=O) groups excluding carboxylic acids is 2. The quantitative estimate of drug-likeness (QED) is 0.589. The highest BCUT2D eigenvalue weighted by Crippen LogP contribution is 2.34. The topological polar surface area (TPSA) is 86.0 Å². The predicted octanol–water partition coefficient (Wildman–Crippen LogP) is 3.46. The molecule has 4 rings (SSSR count). The number of anilines is 2. The molecule has 1 unspecified atom stereocenters. The predicted molar refractivity (Wildman–Crippen MR) is 110 cm³/mol. The van der Waals surface area contributed by atoms with Gasteiger partial charge in [0, 0.05) is 35.6 Å². The largest absolute Gasteiger partial charge is 0.360 e. The summed E-state index contributed by atoms with van der Waals surface area (Å²) in [5, 5.41) is 8.96. The van der Waals surface area contributed by atoms with Gasteiger partial charge in [-0.05, 0) is 56.1 Å². The van der Waals surface area contributed by atoms with E-state index in [0.717, 1.165) is 24.9 Å². The van der Waals surface area contributed by atoms with E-state index in [1.165, 1.54) is 12.1 Å². The van der Waals surface area contributed by atoms with E-state index in [1.807, 2.05) is 6.92 Å². The Morgan fingerprint density at radius 1 is 1.39 bits per heavy atom. The average Bonchev–Trinajstić information content (AvgIpc) is 3.32. The summed E-state index contributed by atoms with van der Waals surface area (Å²) >= 11 is 0. The van der Waals surface area contributed by atoms with Crippen LogP contribution in [0.25, 0.3) is 11.6 Å². The fourth-order valence-corrected chi connectivity index (χ4v) is 3.60. The van der Waals surface area contributed by atoms with E-state index in [-0.39, 0.29) is 30.3 Å². The molecule has 1 atom stereocenters. The minimum atomic E-state index is -0.396. The van der Waals surface area contributed by atoms with Crippen LogP contribution in [0.15, 0.2) is 24.4 Å². The van der Waals surface area contributed by atoms with Gasteiger partial charge in [-0.2, -0.15) is 0 Å². The molecule has 2 aliphatic rings. The van der Waals surface area contributed by atoms with E-state index in [4.69, 9.17) is 0 Å². The third kappa shape index (κ3) is 3.95. The van der Waals surface area contributed by atoms with Crippen molar-refractivity contribution in [2.45, 2.75) is 32.2 Å². The summed E-state index contributed by atoms with van der Waals surface area (Å²) in [5.41, 5.74) is 3.73. The van der Waals surface area contributed by atoms with Crippen molar-refractivity contribution in [1.82, 2.24) is 10.3 Å². The van der Waals surface area contributed by atoms with Gasteiger partial charge >= 0.3 is 0 Å². The molecule has 0 aliphatic carbocycles. The number of H-pyrrole nitrogens is 1. The van der Waals surface area contributed by atoms with Gasteiger partial charge in [-0.1, -0.05) is 0 Å². The highest BCUT2D eigenvalue weighted by molar-refractivity contribution is 6.34. The van der Waals surface area contributed by atoms with Gasteiger partial charge in [-0.3, -0.25) is 9.59 Å². The number of amides is 2. The molecule has 0 saturated carbocycles. The van der Waals surface area contributed by atoms with Crippen LogP contribution < -0.4 is 16.0 Å². The van der Waals surface area contributed by atoms with Gasteiger partial charge < -0.3 is 20.9 Å². The number of rotatable bonds is 4. The summed E-state index contributed by atoms with van der Waals surface area (Å²) in [4.78, 5) is 27.6. The highest BCUT2D eigenvalue weighted by atomic mass is 35.5. The van der Waals surface area contributed by atoms with Crippen molar-refractivity contribution in [3.8, 4) is 0 Å². The molecule has 2 amide bonds. The van der Waals surface area contributed by atoms with Gasteiger partial charge in [0.25, 0.3) is 5.91 Å². The number of nitrogens with one attached hydrogen (secondary N) is 4. The molecule has 0 bridgehead atoms. The molecule has 2 aliphatic heterocycles. The van der Waals surface area contributed by atoms with Crippen LogP contribution in [0.3, 0.4) is 0 Å². The molecule has 1 aromatic carbocycles. The molecule has 1 aromatic heterocycles. The number of benzene rings is 1. The second-order valence-electron chi connectivity index (χ2n) is 6.99. The first-order valence-corrected chi connectivity index (χ1v) is 9.05. The van der Waals surface area contributed by atoms with E-state index in [1.54, 1.807) is 18.3 Å². The molecule has 0 radical (unpaired) electrons. The van der Waals surface area contributed by atoms with E-state index >= 15 is 0 Å². The Bertz CT molecular complexity index is 948. The van der Waals surface area contributed by atoms with Crippen molar-refractivity contribution in [1.29, 1.82) is 0 Å². The normalized spacial score (nSPS) is 19.3. The Balaban J connectivity index is 0.00000225. The number of halogens is 2. The number of fused-ring (bicyclic) bond motifs is 1. The van der Waals surface area contributed by atoms with E-state index in [0.29, 0.717) is 34.6 Å². The van der Waals surface area contributed by atoms with E-state index in [2.05, 4.69) is 20.9 Å². The van der Waals surface area contributed by atoms with Gasteiger partial charge in [0.1, 0.15) is 5.82 Å². The molecular weight excluding hydrogens is 383 g/mol. The van der Waals surface area contributed by atoms with Gasteiger partial charge in [0.15, 0.2) is 0 Å². The Hall–Kier alpha value is -2.64. The maximum Gasteiger partial charge on any atom is 0.256 e. The molecule has 6 nitrogen and oxygen atoms in total. The number of aromatic nitrogens is 1. The third-order valence-corrected chi connectivity index (χ3v) is 5.10. The Morgan fingerprint density at radius 3 is 2.96 bits per heavy atom.